The molecule has 0 aliphatic rings. The van der Waals surface area contributed by atoms with Gasteiger partial charge in [-0.25, -0.2) is 0 Å². The lowest BCUT2D eigenvalue weighted by Crippen LogP contribution is -2.17. The molecule has 0 radical (unpaired) electrons. The Morgan fingerprint density at radius 3 is 1.94 bits per heavy atom. The van der Waals surface area contributed by atoms with Crippen LogP contribution in [0.2, 0.25) is 5.02 Å². The molecule has 1 nitrogen and oxygen atoms in total. The summed E-state index contributed by atoms with van der Waals surface area (Å²) in [4.78, 5) is 0. The van der Waals surface area contributed by atoms with Crippen LogP contribution in [-0.2, 0) is 6.18 Å². The third-order valence-electron chi connectivity index (χ3n) is 1.48. The second-order valence-electron chi connectivity index (χ2n) is 2.69. The summed E-state index contributed by atoms with van der Waals surface area (Å²) in [6.07, 6.45) is -9.68. The predicted octanol–water partition coefficient (Wildman–Crippen LogP) is 4.26. The maximum absolute atomic E-state index is 12.2. The van der Waals surface area contributed by atoms with Gasteiger partial charge < -0.3 is 4.74 Å². The van der Waals surface area contributed by atoms with Crippen LogP contribution < -0.4 is 4.74 Å². The average molecular weight is 265 g/mol. The van der Waals surface area contributed by atoms with Crippen LogP contribution >= 0.6 is 11.6 Å². The Bertz CT molecular complexity index is 383. The highest BCUT2D eigenvalue weighted by molar-refractivity contribution is 6.31. The fraction of sp³-hybridized carbons (Fsp3) is 0.250. The summed E-state index contributed by atoms with van der Waals surface area (Å²) in [6.45, 7) is 0. The summed E-state index contributed by atoms with van der Waals surface area (Å²) in [5, 5.41) is -0.853. The Morgan fingerprint density at radius 1 is 1.00 bits per heavy atom. The van der Waals surface area contributed by atoms with Gasteiger partial charge in [0, 0.05) is 0 Å². The van der Waals surface area contributed by atoms with Crippen molar-refractivity contribution in [1.82, 2.24) is 0 Å². The van der Waals surface area contributed by atoms with Gasteiger partial charge in [-0.2, -0.15) is 13.2 Å². The predicted molar refractivity (Wildman–Crippen MR) is 43.1 cm³/mol. The highest BCUT2D eigenvalue weighted by atomic mass is 35.5. The fourth-order valence-corrected chi connectivity index (χ4v) is 1.20. The summed E-state index contributed by atoms with van der Waals surface area (Å²) in [5.74, 6) is -0.800. The third-order valence-corrected chi connectivity index (χ3v) is 1.79. The van der Waals surface area contributed by atoms with Crippen molar-refractivity contribution in [2.45, 2.75) is 12.5 Å². The lowest BCUT2D eigenvalue weighted by Gasteiger charge is -2.12. The molecule has 1 aromatic carbocycles. The van der Waals surface area contributed by atoms with E-state index in [1.165, 1.54) is 0 Å². The van der Waals surface area contributed by atoms with E-state index in [0.29, 0.717) is 18.2 Å². The minimum absolute atomic E-state index is 0.420. The van der Waals surface area contributed by atoms with Crippen molar-refractivity contribution in [3.05, 3.63) is 28.8 Å². The lowest BCUT2D eigenvalue weighted by atomic mass is 10.2. The summed E-state index contributed by atoms with van der Waals surface area (Å²) in [6, 6.07) is 1.42. The lowest BCUT2D eigenvalue weighted by molar-refractivity contribution is -0.274. The van der Waals surface area contributed by atoms with E-state index in [1.54, 1.807) is 0 Å². The molecule has 0 aromatic heterocycles. The molecule has 0 spiro atoms. The Morgan fingerprint density at radius 2 is 1.56 bits per heavy atom. The Hall–Kier alpha value is -1.11. The zero-order valence-corrected chi connectivity index (χ0v) is 8.04. The first-order valence-electron chi connectivity index (χ1n) is 3.72. The van der Waals surface area contributed by atoms with Crippen molar-refractivity contribution in [1.29, 1.82) is 0 Å². The van der Waals surface area contributed by atoms with E-state index in [1.807, 2.05) is 0 Å². The van der Waals surface area contributed by atoms with Gasteiger partial charge in [0.05, 0.1) is 10.6 Å². The molecule has 0 saturated carbocycles. The molecule has 0 heterocycles. The molecule has 1 aromatic rings. The maximum atomic E-state index is 12.2. The molecule has 90 valence electrons. The van der Waals surface area contributed by atoms with Gasteiger partial charge in [-0.05, 0) is 18.2 Å². The highest BCUT2D eigenvalue weighted by Crippen LogP contribution is 2.37. The number of ether oxygens (including phenoxy) is 1. The first-order chi connectivity index (χ1) is 7.09. The highest BCUT2D eigenvalue weighted by Gasteiger charge is 2.35. The molecular formula is C8H3ClF6O. The monoisotopic (exact) mass is 264 g/mol. The number of benzene rings is 1. The maximum Gasteiger partial charge on any atom is 0.573 e. The third kappa shape index (κ3) is 3.48. The number of halogens is 7. The van der Waals surface area contributed by atoms with E-state index >= 15 is 0 Å². The van der Waals surface area contributed by atoms with Gasteiger partial charge in [0.1, 0.15) is 5.75 Å². The zero-order chi connectivity index (χ0) is 12.6. The molecule has 0 aliphatic carbocycles. The minimum atomic E-state index is -4.97. The van der Waals surface area contributed by atoms with Gasteiger partial charge in [0.15, 0.2) is 0 Å². The second-order valence-corrected chi connectivity index (χ2v) is 3.09. The average Bonchev–Trinajstić information content (AvgIpc) is 1.97. The number of rotatable bonds is 1. The van der Waals surface area contributed by atoms with Gasteiger partial charge in [-0.3, -0.25) is 0 Å². The molecule has 8 heteroatoms. The van der Waals surface area contributed by atoms with Gasteiger partial charge in [-0.1, -0.05) is 11.6 Å². The SMILES string of the molecule is FC(F)(F)Oc1ccc(C(F)(F)F)c(Cl)c1. The van der Waals surface area contributed by atoms with E-state index < -0.39 is 28.9 Å². The van der Waals surface area contributed by atoms with Gasteiger partial charge in [0.2, 0.25) is 0 Å². The molecule has 0 fully saturated rings. The number of alkyl halides is 6. The molecule has 0 N–H and O–H groups in total. The molecule has 1 rings (SSSR count). The van der Waals surface area contributed by atoms with Crippen LogP contribution in [0.25, 0.3) is 0 Å². The molecule has 0 aliphatic heterocycles. The Balaban J connectivity index is 3.01. The van der Waals surface area contributed by atoms with Crippen molar-refractivity contribution < 1.29 is 31.1 Å². The van der Waals surface area contributed by atoms with Crippen LogP contribution in [0.5, 0.6) is 5.75 Å². The molecule has 0 atom stereocenters. The molecule has 0 bridgehead atoms. The standard InChI is InChI=1S/C8H3ClF6O/c9-6-3-4(16-8(13,14)15)1-2-5(6)7(10,11)12/h1-3H. The second kappa shape index (κ2) is 4.04. The van der Waals surface area contributed by atoms with Crippen LogP contribution in [-0.4, -0.2) is 6.36 Å². The van der Waals surface area contributed by atoms with Gasteiger partial charge in [0.25, 0.3) is 0 Å². The van der Waals surface area contributed by atoms with Crippen molar-refractivity contribution in [3.63, 3.8) is 0 Å². The van der Waals surface area contributed by atoms with Crippen LogP contribution in [0.15, 0.2) is 18.2 Å². The summed E-state index contributed by atoms with van der Waals surface area (Å²) in [5.41, 5.74) is -1.22. The first kappa shape index (κ1) is 13.0. The number of hydrogen-bond donors (Lipinski definition) is 0. The normalized spacial score (nSPS) is 12.7. The van der Waals surface area contributed by atoms with E-state index in [9.17, 15) is 26.3 Å². The van der Waals surface area contributed by atoms with Crippen LogP contribution in [0.4, 0.5) is 26.3 Å². The molecule has 0 saturated heterocycles. The molecule has 0 unspecified atom stereocenters. The number of hydrogen-bond acceptors (Lipinski definition) is 1. The Kier molecular flexibility index (Phi) is 3.27. The van der Waals surface area contributed by atoms with Crippen molar-refractivity contribution in [3.8, 4) is 5.75 Å². The van der Waals surface area contributed by atoms with E-state index in [-0.39, 0.29) is 0 Å². The van der Waals surface area contributed by atoms with Crippen LogP contribution in [0.1, 0.15) is 5.56 Å². The van der Waals surface area contributed by atoms with E-state index in [2.05, 4.69) is 4.74 Å². The molecule has 16 heavy (non-hydrogen) atoms. The van der Waals surface area contributed by atoms with Crippen molar-refractivity contribution in [2.24, 2.45) is 0 Å². The Labute approximate surface area is 90.6 Å². The zero-order valence-electron chi connectivity index (χ0n) is 7.29. The first-order valence-corrected chi connectivity index (χ1v) is 4.10. The van der Waals surface area contributed by atoms with Crippen LogP contribution in [0, 0.1) is 0 Å². The van der Waals surface area contributed by atoms with Gasteiger partial charge in [-0.15, -0.1) is 13.2 Å². The fourth-order valence-electron chi connectivity index (χ4n) is 0.923. The quantitative estimate of drug-likeness (QED) is 0.689. The molecule has 0 amide bonds. The topological polar surface area (TPSA) is 9.23 Å². The summed E-state index contributed by atoms with van der Waals surface area (Å²) < 4.78 is 75.1. The summed E-state index contributed by atoms with van der Waals surface area (Å²) in [7, 11) is 0. The minimum Gasteiger partial charge on any atom is -0.406 e. The van der Waals surface area contributed by atoms with Crippen molar-refractivity contribution in [2.75, 3.05) is 0 Å². The van der Waals surface area contributed by atoms with Gasteiger partial charge >= 0.3 is 12.5 Å². The smallest absolute Gasteiger partial charge is 0.406 e. The van der Waals surface area contributed by atoms with E-state index in [0.717, 1.165) is 0 Å². The van der Waals surface area contributed by atoms with Crippen LogP contribution in [0.3, 0.4) is 0 Å². The largest absolute Gasteiger partial charge is 0.573 e. The summed E-state index contributed by atoms with van der Waals surface area (Å²) >= 11 is 5.18. The van der Waals surface area contributed by atoms with Crippen molar-refractivity contribution >= 4 is 11.6 Å². The van der Waals surface area contributed by atoms with E-state index in [4.69, 9.17) is 11.6 Å². The molecular weight excluding hydrogens is 262 g/mol.